The van der Waals surface area contributed by atoms with E-state index in [0.717, 1.165) is 41.6 Å². The van der Waals surface area contributed by atoms with Gasteiger partial charge in [-0.25, -0.2) is 4.98 Å². The summed E-state index contributed by atoms with van der Waals surface area (Å²) in [6, 6.07) is 6.08. The van der Waals surface area contributed by atoms with Crippen molar-refractivity contribution >= 4 is 5.69 Å². The first-order valence-electron chi connectivity index (χ1n) is 9.40. The van der Waals surface area contributed by atoms with Crippen LogP contribution in [0.5, 0.6) is 0 Å². The highest BCUT2D eigenvalue weighted by molar-refractivity contribution is 5.52. The van der Waals surface area contributed by atoms with Crippen LogP contribution in [0.4, 0.5) is 5.69 Å². The molecule has 1 aliphatic heterocycles. The predicted molar refractivity (Wildman–Crippen MR) is 107 cm³/mol. The maximum atomic E-state index is 4.60. The second-order valence-corrected chi connectivity index (χ2v) is 6.93. The number of hydrogen-bond acceptors (Lipinski definition) is 4. The van der Waals surface area contributed by atoms with E-state index in [0.29, 0.717) is 0 Å². The Bertz CT molecular complexity index is 1000. The predicted octanol–water partition coefficient (Wildman–Crippen LogP) is 3.67. The van der Waals surface area contributed by atoms with Crippen LogP contribution in [0, 0.1) is 25.7 Å². The lowest BCUT2D eigenvalue weighted by atomic mass is 10.1. The fourth-order valence-corrected chi connectivity index (χ4v) is 3.43. The van der Waals surface area contributed by atoms with E-state index in [-0.39, 0.29) is 0 Å². The minimum atomic E-state index is 0.755. The summed E-state index contributed by atoms with van der Waals surface area (Å²) in [7, 11) is 0. The van der Waals surface area contributed by atoms with Crippen LogP contribution in [0.15, 0.2) is 43.0 Å². The van der Waals surface area contributed by atoms with Gasteiger partial charge in [-0.3, -0.25) is 9.97 Å². The van der Waals surface area contributed by atoms with E-state index in [4.69, 9.17) is 0 Å². The van der Waals surface area contributed by atoms with Crippen LogP contribution in [0.2, 0.25) is 0 Å². The van der Waals surface area contributed by atoms with Gasteiger partial charge in [0.05, 0.1) is 23.8 Å². The molecule has 1 saturated heterocycles. The summed E-state index contributed by atoms with van der Waals surface area (Å²) < 4.78 is 2.06. The Kier molecular flexibility index (Phi) is 4.88. The van der Waals surface area contributed by atoms with Gasteiger partial charge in [0, 0.05) is 36.7 Å². The third-order valence-corrected chi connectivity index (χ3v) is 4.82. The SMILES string of the molecule is Cc1cc(C#Cc2cn(-c3cncc(N4CCCCC4)c3)c(C)n2)ccn1. The molecule has 0 aromatic carbocycles. The number of aryl methyl sites for hydroxylation is 2. The topological polar surface area (TPSA) is 46.8 Å². The zero-order chi connectivity index (χ0) is 18.6. The van der Waals surface area contributed by atoms with Crippen molar-refractivity contribution in [2.45, 2.75) is 33.1 Å². The first-order valence-corrected chi connectivity index (χ1v) is 9.40. The summed E-state index contributed by atoms with van der Waals surface area (Å²) in [5.74, 6) is 7.23. The van der Waals surface area contributed by atoms with Gasteiger partial charge < -0.3 is 9.47 Å². The molecule has 0 bridgehead atoms. The Hall–Kier alpha value is -3.13. The van der Waals surface area contributed by atoms with E-state index in [9.17, 15) is 0 Å². The average Bonchev–Trinajstić information content (AvgIpc) is 3.08. The Labute approximate surface area is 160 Å². The van der Waals surface area contributed by atoms with Gasteiger partial charge in [0.25, 0.3) is 0 Å². The molecule has 4 rings (SSSR count). The lowest BCUT2D eigenvalue weighted by molar-refractivity contribution is 0.577. The van der Waals surface area contributed by atoms with Crippen molar-refractivity contribution in [2.75, 3.05) is 18.0 Å². The van der Waals surface area contributed by atoms with Crippen LogP contribution in [-0.4, -0.2) is 32.6 Å². The number of imidazole rings is 1. The van der Waals surface area contributed by atoms with Gasteiger partial charge >= 0.3 is 0 Å². The molecule has 4 heterocycles. The summed E-state index contributed by atoms with van der Waals surface area (Å²) in [4.78, 5) is 15.7. The van der Waals surface area contributed by atoms with Gasteiger partial charge in [0.15, 0.2) is 0 Å². The molecule has 0 unspecified atom stereocenters. The fraction of sp³-hybridized carbons (Fsp3) is 0.318. The van der Waals surface area contributed by atoms with Crippen molar-refractivity contribution < 1.29 is 0 Å². The quantitative estimate of drug-likeness (QED) is 0.657. The lowest BCUT2D eigenvalue weighted by Gasteiger charge is -2.28. The molecule has 0 spiro atoms. The lowest BCUT2D eigenvalue weighted by Crippen LogP contribution is -2.29. The molecular weight excluding hydrogens is 334 g/mol. The van der Waals surface area contributed by atoms with Crippen molar-refractivity contribution in [1.29, 1.82) is 0 Å². The minimum Gasteiger partial charge on any atom is -0.370 e. The fourth-order valence-electron chi connectivity index (χ4n) is 3.43. The van der Waals surface area contributed by atoms with E-state index in [1.165, 1.54) is 24.9 Å². The largest absolute Gasteiger partial charge is 0.370 e. The van der Waals surface area contributed by atoms with E-state index >= 15 is 0 Å². The van der Waals surface area contributed by atoms with Gasteiger partial charge in [0.2, 0.25) is 0 Å². The Morgan fingerprint density at radius 2 is 1.78 bits per heavy atom. The van der Waals surface area contributed by atoms with Crippen LogP contribution in [-0.2, 0) is 0 Å². The maximum absolute atomic E-state index is 4.60. The Morgan fingerprint density at radius 1 is 0.963 bits per heavy atom. The molecule has 0 saturated carbocycles. The highest BCUT2D eigenvalue weighted by Gasteiger charge is 2.13. The molecule has 0 atom stereocenters. The standard InChI is InChI=1S/C22H23N5/c1-17-12-19(8-9-24-17)6-7-20-16-27(18(2)25-20)22-13-21(14-23-15-22)26-10-4-3-5-11-26/h8-9,12-16H,3-5,10-11H2,1-2H3. The normalized spacial score (nSPS) is 13.9. The van der Waals surface area contributed by atoms with E-state index in [1.54, 1.807) is 6.20 Å². The van der Waals surface area contributed by atoms with Gasteiger partial charge in [-0.2, -0.15) is 0 Å². The van der Waals surface area contributed by atoms with Crippen LogP contribution in [0.25, 0.3) is 5.69 Å². The van der Waals surface area contributed by atoms with Crippen LogP contribution in [0.3, 0.4) is 0 Å². The first kappa shape index (κ1) is 17.3. The Balaban J connectivity index is 1.60. The molecule has 5 nitrogen and oxygen atoms in total. The number of hydrogen-bond donors (Lipinski definition) is 0. The number of anilines is 1. The first-order chi connectivity index (χ1) is 13.2. The molecular formula is C22H23N5. The third kappa shape index (κ3) is 4.01. The van der Waals surface area contributed by atoms with Crippen molar-refractivity contribution in [2.24, 2.45) is 0 Å². The number of rotatable bonds is 2. The van der Waals surface area contributed by atoms with Crippen molar-refractivity contribution in [3.8, 4) is 17.5 Å². The van der Waals surface area contributed by atoms with Crippen LogP contribution in [0.1, 0.15) is 42.0 Å². The molecule has 0 radical (unpaired) electrons. The van der Waals surface area contributed by atoms with Gasteiger partial charge in [0.1, 0.15) is 11.5 Å². The minimum absolute atomic E-state index is 0.755. The second-order valence-electron chi connectivity index (χ2n) is 6.93. The average molecular weight is 357 g/mol. The number of nitrogens with zero attached hydrogens (tertiary/aromatic N) is 5. The molecule has 1 fully saturated rings. The third-order valence-electron chi connectivity index (χ3n) is 4.82. The zero-order valence-electron chi connectivity index (χ0n) is 15.8. The molecule has 27 heavy (non-hydrogen) atoms. The van der Waals surface area contributed by atoms with Crippen molar-refractivity contribution in [3.63, 3.8) is 0 Å². The van der Waals surface area contributed by atoms with Crippen LogP contribution >= 0.6 is 0 Å². The molecule has 3 aromatic heterocycles. The zero-order valence-corrected chi connectivity index (χ0v) is 15.8. The van der Waals surface area contributed by atoms with E-state index in [1.807, 2.05) is 44.6 Å². The summed E-state index contributed by atoms with van der Waals surface area (Å²) >= 11 is 0. The van der Waals surface area contributed by atoms with E-state index in [2.05, 4.69) is 42.3 Å². The molecule has 136 valence electrons. The maximum Gasteiger partial charge on any atom is 0.132 e. The summed E-state index contributed by atoms with van der Waals surface area (Å²) in [6.07, 6.45) is 11.4. The van der Waals surface area contributed by atoms with Gasteiger partial charge in [-0.05, 0) is 57.2 Å². The molecule has 0 aliphatic carbocycles. The summed E-state index contributed by atoms with van der Waals surface area (Å²) in [5, 5.41) is 0. The molecule has 0 amide bonds. The van der Waals surface area contributed by atoms with Crippen molar-refractivity contribution in [1.82, 2.24) is 19.5 Å². The smallest absolute Gasteiger partial charge is 0.132 e. The number of aromatic nitrogens is 4. The molecule has 0 N–H and O–H groups in total. The summed E-state index contributed by atoms with van der Waals surface area (Å²) in [6.45, 7) is 6.17. The molecule has 3 aromatic rings. The van der Waals surface area contributed by atoms with E-state index < -0.39 is 0 Å². The van der Waals surface area contributed by atoms with Gasteiger partial charge in [-0.15, -0.1) is 0 Å². The highest BCUT2D eigenvalue weighted by atomic mass is 15.1. The Morgan fingerprint density at radius 3 is 2.59 bits per heavy atom. The monoisotopic (exact) mass is 357 g/mol. The van der Waals surface area contributed by atoms with Crippen molar-refractivity contribution in [3.05, 3.63) is 65.8 Å². The number of pyridine rings is 2. The summed E-state index contributed by atoms with van der Waals surface area (Å²) in [5.41, 5.74) is 4.87. The van der Waals surface area contributed by atoms with Crippen LogP contribution < -0.4 is 4.90 Å². The molecule has 5 heteroatoms. The van der Waals surface area contributed by atoms with Gasteiger partial charge in [-0.1, -0.05) is 5.92 Å². The number of piperidine rings is 1. The highest BCUT2D eigenvalue weighted by Crippen LogP contribution is 2.22. The molecule has 1 aliphatic rings. The second kappa shape index (κ2) is 7.63.